The summed E-state index contributed by atoms with van der Waals surface area (Å²) in [6.45, 7) is 6.39. The minimum absolute atomic E-state index is 0.481. The van der Waals surface area contributed by atoms with Crippen LogP contribution in [-0.2, 0) is 11.3 Å². The highest BCUT2D eigenvalue weighted by Crippen LogP contribution is 2.26. The van der Waals surface area contributed by atoms with Gasteiger partial charge in [0.1, 0.15) is 0 Å². The molecular formula is C18H29NO. The van der Waals surface area contributed by atoms with Crippen LogP contribution >= 0.6 is 0 Å². The molecule has 0 bridgehead atoms. The predicted octanol–water partition coefficient (Wildman–Crippen LogP) is 4.10. The van der Waals surface area contributed by atoms with Crippen molar-refractivity contribution in [3.63, 3.8) is 0 Å². The minimum Gasteiger partial charge on any atom is -0.374 e. The Kier molecular flexibility index (Phi) is 6.06. The average Bonchev–Trinajstić information content (AvgIpc) is 2.47. The zero-order valence-corrected chi connectivity index (χ0v) is 13.2. The Labute approximate surface area is 123 Å². The van der Waals surface area contributed by atoms with Crippen LogP contribution in [0.15, 0.2) is 24.3 Å². The number of rotatable bonds is 6. The molecule has 0 aromatic heterocycles. The molecule has 1 aliphatic rings. The van der Waals surface area contributed by atoms with E-state index in [-0.39, 0.29) is 0 Å². The van der Waals surface area contributed by atoms with E-state index in [1.165, 1.54) is 36.8 Å². The molecule has 0 amide bonds. The van der Waals surface area contributed by atoms with Crippen LogP contribution in [0.2, 0.25) is 0 Å². The number of ether oxygens (including phenoxy) is 1. The van der Waals surface area contributed by atoms with Crippen LogP contribution in [0.3, 0.4) is 0 Å². The fourth-order valence-electron chi connectivity index (χ4n) is 2.98. The Morgan fingerprint density at radius 2 is 1.80 bits per heavy atom. The topological polar surface area (TPSA) is 21.3 Å². The maximum Gasteiger partial charge on any atom is 0.0720 e. The Balaban J connectivity index is 1.79. The van der Waals surface area contributed by atoms with Crippen LogP contribution in [0.1, 0.15) is 56.6 Å². The van der Waals surface area contributed by atoms with E-state index < -0.39 is 0 Å². The summed E-state index contributed by atoms with van der Waals surface area (Å²) < 4.78 is 6.05. The van der Waals surface area contributed by atoms with E-state index in [2.05, 4.69) is 43.4 Å². The quantitative estimate of drug-likeness (QED) is 0.843. The highest BCUT2D eigenvalue weighted by Gasteiger charge is 2.18. The van der Waals surface area contributed by atoms with Crippen molar-refractivity contribution in [2.75, 3.05) is 13.6 Å². The van der Waals surface area contributed by atoms with Gasteiger partial charge in [0, 0.05) is 6.54 Å². The van der Waals surface area contributed by atoms with Gasteiger partial charge in [0.15, 0.2) is 0 Å². The zero-order chi connectivity index (χ0) is 14.4. The van der Waals surface area contributed by atoms with Crippen molar-refractivity contribution in [1.82, 2.24) is 5.32 Å². The van der Waals surface area contributed by atoms with Crippen LogP contribution in [0.5, 0.6) is 0 Å². The van der Waals surface area contributed by atoms with Gasteiger partial charge in [-0.1, -0.05) is 38.1 Å². The van der Waals surface area contributed by atoms with Crippen molar-refractivity contribution < 1.29 is 4.74 Å². The first kappa shape index (κ1) is 15.5. The lowest BCUT2D eigenvalue weighted by atomic mass is 9.89. The van der Waals surface area contributed by atoms with Crippen molar-refractivity contribution in [1.29, 1.82) is 0 Å². The molecule has 0 saturated heterocycles. The van der Waals surface area contributed by atoms with Crippen molar-refractivity contribution in [3.05, 3.63) is 35.4 Å². The van der Waals surface area contributed by atoms with Gasteiger partial charge in [-0.15, -0.1) is 0 Å². The molecule has 1 N–H and O–H groups in total. The first-order chi connectivity index (χ1) is 9.69. The van der Waals surface area contributed by atoms with Gasteiger partial charge in [-0.3, -0.25) is 0 Å². The van der Waals surface area contributed by atoms with Gasteiger partial charge in [-0.2, -0.15) is 0 Å². The maximum atomic E-state index is 6.05. The molecule has 0 aliphatic heterocycles. The summed E-state index contributed by atoms with van der Waals surface area (Å²) in [5.74, 6) is 1.46. The normalized spacial score (nSPS) is 24.6. The van der Waals surface area contributed by atoms with Crippen LogP contribution < -0.4 is 5.32 Å². The second kappa shape index (κ2) is 7.80. The van der Waals surface area contributed by atoms with E-state index in [0.717, 1.165) is 19.1 Å². The van der Waals surface area contributed by atoms with Gasteiger partial charge in [-0.25, -0.2) is 0 Å². The van der Waals surface area contributed by atoms with Gasteiger partial charge in [0.2, 0.25) is 0 Å². The number of hydrogen-bond donors (Lipinski definition) is 1. The molecule has 1 atom stereocenters. The van der Waals surface area contributed by atoms with Gasteiger partial charge >= 0.3 is 0 Å². The largest absolute Gasteiger partial charge is 0.374 e. The lowest BCUT2D eigenvalue weighted by Gasteiger charge is -2.26. The molecule has 2 nitrogen and oxygen atoms in total. The molecule has 2 rings (SSSR count). The predicted molar refractivity (Wildman–Crippen MR) is 85.0 cm³/mol. The molecule has 1 fully saturated rings. The molecule has 20 heavy (non-hydrogen) atoms. The third-order valence-corrected chi connectivity index (χ3v) is 4.51. The third-order valence-electron chi connectivity index (χ3n) is 4.51. The summed E-state index contributed by atoms with van der Waals surface area (Å²) >= 11 is 0. The monoisotopic (exact) mass is 275 g/mol. The van der Waals surface area contributed by atoms with Gasteiger partial charge in [0.05, 0.1) is 12.7 Å². The van der Waals surface area contributed by atoms with E-state index in [9.17, 15) is 0 Å². The molecule has 1 aromatic rings. The summed E-state index contributed by atoms with van der Waals surface area (Å²) in [6, 6.07) is 8.91. The second-order valence-electron chi connectivity index (χ2n) is 6.39. The fraction of sp³-hybridized carbons (Fsp3) is 0.667. The van der Waals surface area contributed by atoms with Crippen molar-refractivity contribution in [2.45, 2.75) is 58.2 Å². The minimum atomic E-state index is 0.481. The molecule has 112 valence electrons. The number of likely N-dealkylation sites (N-methyl/N-ethyl adjacent to an activating group) is 1. The SMILES string of the molecule is CNCC(C)c1ccc(COC2CCC(C)CC2)cc1. The Hall–Kier alpha value is -0.860. The fourth-order valence-corrected chi connectivity index (χ4v) is 2.98. The standard InChI is InChI=1S/C18H29NO/c1-14-4-10-18(11-5-14)20-13-16-6-8-17(9-7-16)15(2)12-19-3/h6-9,14-15,18-19H,4-5,10-13H2,1-3H3. The van der Waals surface area contributed by atoms with Crippen molar-refractivity contribution in [3.8, 4) is 0 Å². The Morgan fingerprint density at radius 3 is 2.40 bits per heavy atom. The highest BCUT2D eigenvalue weighted by molar-refractivity contribution is 5.24. The van der Waals surface area contributed by atoms with E-state index in [1.54, 1.807) is 0 Å². The zero-order valence-electron chi connectivity index (χ0n) is 13.2. The molecule has 0 spiro atoms. The molecule has 1 saturated carbocycles. The van der Waals surface area contributed by atoms with E-state index in [0.29, 0.717) is 12.0 Å². The lowest BCUT2D eigenvalue weighted by molar-refractivity contribution is 0.00877. The number of hydrogen-bond acceptors (Lipinski definition) is 2. The Morgan fingerprint density at radius 1 is 1.15 bits per heavy atom. The van der Waals surface area contributed by atoms with Gasteiger partial charge < -0.3 is 10.1 Å². The average molecular weight is 275 g/mol. The lowest BCUT2D eigenvalue weighted by Crippen LogP contribution is -2.20. The molecule has 1 unspecified atom stereocenters. The number of benzene rings is 1. The summed E-state index contributed by atoms with van der Waals surface area (Å²) in [5, 5.41) is 3.23. The first-order valence-corrected chi connectivity index (χ1v) is 8.04. The summed E-state index contributed by atoms with van der Waals surface area (Å²) in [6.07, 6.45) is 5.60. The third kappa shape index (κ3) is 4.60. The Bertz CT molecular complexity index is 379. The summed E-state index contributed by atoms with van der Waals surface area (Å²) in [7, 11) is 2.00. The van der Waals surface area contributed by atoms with Crippen molar-refractivity contribution in [2.24, 2.45) is 5.92 Å². The van der Waals surface area contributed by atoms with Crippen LogP contribution in [0.25, 0.3) is 0 Å². The second-order valence-corrected chi connectivity index (χ2v) is 6.39. The maximum absolute atomic E-state index is 6.05. The van der Waals surface area contributed by atoms with Crippen LogP contribution in [0.4, 0.5) is 0 Å². The molecule has 0 heterocycles. The molecule has 2 heteroatoms. The smallest absolute Gasteiger partial charge is 0.0720 e. The van der Waals surface area contributed by atoms with E-state index in [4.69, 9.17) is 4.74 Å². The molecule has 0 radical (unpaired) electrons. The van der Waals surface area contributed by atoms with Gasteiger partial charge in [0.25, 0.3) is 0 Å². The summed E-state index contributed by atoms with van der Waals surface area (Å²) in [5.41, 5.74) is 2.69. The van der Waals surface area contributed by atoms with E-state index >= 15 is 0 Å². The molecule has 1 aromatic carbocycles. The van der Waals surface area contributed by atoms with Crippen LogP contribution in [0, 0.1) is 5.92 Å². The van der Waals surface area contributed by atoms with Gasteiger partial charge in [-0.05, 0) is 55.7 Å². The molecule has 1 aliphatic carbocycles. The summed E-state index contributed by atoms with van der Waals surface area (Å²) in [4.78, 5) is 0. The molecular weight excluding hydrogens is 246 g/mol. The highest BCUT2D eigenvalue weighted by atomic mass is 16.5. The van der Waals surface area contributed by atoms with E-state index in [1.807, 2.05) is 7.05 Å². The number of nitrogens with one attached hydrogen (secondary N) is 1. The first-order valence-electron chi connectivity index (χ1n) is 8.04. The van der Waals surface area contributed by atoms with Crippen LogP contribution in [-0.4, -0.2) is 19.7 Å². The van der Waals surface area contributed by atoms with Crippen molar-refractivity contribution >= 4 is 0 Å².